The standard InChI is InChI=1S/C18H19ClN4O2/c1-11(2)17-18(23-10-12(19)5-8-16(23)20-17)22-21-14-7-6-13(24-3)9-15(14)25-4/h5-11H,1-4H3. The van der Waals surface area contributed by atoms with Crippen LogP contribution in [0.4, 0.5) is 11.5 Å². The van der Waals surface area contributed by atoms with Gasteiger partial charge in [-0.1, -0.05) is 25.4 Å². The number of benzene rings is 1. The minimum atomic E-state index is 0.199. The second kappa shape index (κ2) is 7.11. The molecule has 0 aliphatic carbocycles. The summed E-state index contributed by atoms with van der Waals surface area (Å²) in [7, 11) is 3.19. The number of fused-ring (bicyclic) bond motifs is 1. The fourth-order valence-corrected chi connectivity index (χ4v) is 2.64. The molecule has 0 N–H and O–H groups in total. The predicted molar refractivity (Wildman–Crippen MR) is 98.0 cm³/mol. The number of halogens is 1. The fraction of sp³-hybridized carbons (Fsp3) is 0.278. The lowest BCUT2D eigenvalue weighted by Gasteiger charge is -2.06. The number of nitrogens with zero attached hydrogens (tertiary/aromatic N) is 4. The Balaban J connectivity index is 2.09. The molecule has 0 fully saturated rings. The summed E-state index contributed by atoms with van der Waals surface area (Å²) in [6, 6.07) is 9.05. The first-order chi connectivity index (χ1) is 12.0. The van der Waals surface area contributed by atoms with Gasteiger partial charge >= 0.3 is 0 Å². The van der Waals surface area contributed by atoms with E-state index >= 15 is 0 Å². The van der Waals surface area contributed by atoms with Crippen molar-refractivity contribution in [1.29, 1.82) is 0 Å². The van der Waals surface area contributed by atoms with Crippen molar-refractivity contribution in [3.8, 4) is 11.5 Å². The lowest BCUT2D eigenvalue weighted by Crippen LogP contribution is -1.88. The Morgan fingerprint density at radius 2 is 1.88 bits per heavy atom. The molecule has 0 aliphatic rings. The molecule has 3 aromatic rings. The summed E-state index contributed by atoms with van der Waals surface area (Å²) in [6.45, 7) is 4.13. The number of hydrogen-bond donors (Lipinski definition) is 0. The number of aromatic nitrogens is 2. The highest BCUT2D eigenvalue weighted by molar-refractivity contribution is 6.30. The topological polar surface area (TPSA) is 60.5 Å². The van der Waals surface area contributed by atoms with Crippen molar-refractivity contribution in [2.24, 2.45) is 10.2 Å². The highest BCUT2D eigenvalue weighted by Gasteiger charge is 2.15. The molecule has 1 aromatic carbocycles. The molecule has 0 aliphatic heterocycles. The molecule has 2 heterocycles. The highest BCUT2D eigenvalue weighted by atomic mass is 35.5. The van der Waals surface area contributed by atoms with E-state index in [2.05, 4.69) is 29.1 Å². The van der Waals surface area contributed by atoms with Crippen LogP contribution >= 0.6 is 11.6 Å². The summed E-state index contributed by atoms with van der Waals surface area (Å²) in [5, 5.41) is 9.41. The SMILES string of the molecule is COc1ccc(N=Nc2c(C(C)C)nc3ccc(Cl)cn23)c(OC)c1. The number of imidazole rings is 1. The molecule has 130 valence electrons. The van der Waals surface area contributed by atoms with Gasteiger partial charge in [-0.05, 0) is 30.2 Å². The quantitative estimate of drug-likeness (QED) is 0.562. The van der Waals surface area contributed by atoms with Gasteiger partial charge in [0.05, 0.1) is 24.9 Å². The molecular weight excluding hydrogens is 340 g/mol. The van der Waals surface area contributed by atoms with Gasteiger partial charge in [-0.15, -0.1) is 10.2 Å². The van der Waals surface area contributed by atoms with E-state index in [4.69, 9.17) is 21.1 Å². The molecule has 7 heteroatoms. The predicted octanol–water partition coefficient (Wildman–Crippen LogP) is 5.54. The Morgan fingerprint density at radius 1 is 1.08 bits per heavy atom. The molecule has 6 nitrogen and oxygen atoms in total. The van der Waals surface area contributed by atoms with Crippen LogP contribution in [0.25, 0.3) is 5.65 Å². The summed E-state index contributed by atoms with van der Waals surface area (Å²) in [5.74, 6) is 2.14. The molecular formula is C18H19ClN4O2. The van der Waals surface area contributed by atoms with E-state index in [0.29, 0.717) is 28.0 Å². The highest BCUT2D eigenvalue weighted by Crippen LogP contribution is 2.34. The smallest absolute Gasteiger partial charge is 0.183 e. The molecule has 25 heavy (non-hydrogen) atoms. The van der Waals surface area contributed by atoms with E-state index in [-0.39, 0.29) is 5.92 Å². The molecule has 0 bridgehead atoms. The van der Waals surface area contributed by atoms with Gasteiger partial charge in [-0.3, -0.25) is 4.40 Å². The second-order valence-electron chi connectivity index (χ2n) is 5.79. The van der Waals surface area contributed by atoms with Gasteiger partial charge in [-0.25, -0.2) is 4.98 Å². The number of rotatable bonds is 5. The van der Waals surface area contributed by atoms with Crippen molar-refractivity contribution in [2.45, 2.75) is 19.8 Å². The lowest BCUT2D eigenvalue weighted by molar-refractivity contribution is 0.395. The first-order valence-corrected chi connectivity index (χ1v) is 8.22. The first-order valence-electron chi connectivity index (χ1n) is 7.84. The van der Waals surface area contributed by atoms with Crippen LogP contribution in [0.3, 0.4) is 0 Å². The van der Waals surface area contributed by atoms with E-state index in [1.54, 1.807) is 38.6 Å². The zero-order valence-electron chi connectivity index (χ0n) is 14.5. The van der Waals surface area contributed by atoms with E-state index in [1.807, 2.05) is 16.5 Å². The third-order valence-electron chi connectivity index (χ3n) is 3.77. The van der Waals surface area contributed by atoms with Gasteiger partial charge in [0.15, 0.2) is 5.82 Å². The number of ether oxygens (including phenoxy) is 2. The number of azo groups is 1. The summed E-state index contributed by atoms with van der Waals surface area (Å²) in [4.78, 5) is 4.63. The molecule has 0 saturated carbocycles. The summed E-state index contributed by atoms with van der Waals surface area (Å²) in [6.07, 6.45) is 1.79. The third kappa shape index (κ3) is 3.44. The summed E-state index contributed by atoms with van der Waals surface area (Å²) in [5.41, 5.74) is 2.25. The van der Waals surface area contributed by atoms with E-state index < -0.39 is 0 Å². The molecule has 2 aromatic heterocycles. The fourth-order valence-electron chi connectivity index (χ4n) is 2.48. The Bertz CT molecular complexity index is 934. The van der Waals surface area contributed by atoms with Crippen LogP contribution in [-0.4, -0.2) is 23.6 Å². The van der Waals surface area contributed by atoms with Crippen LogP contribution in [0, 0.1) is 0 Å². The summed E-state index contributed by atoms with van der Waals surface area (Å²) >= 11 is 6.12. The van der Waals surface area contributed by atoms with E-state index in [0.717, 1.165) is 11.3 Å². The Labute approximate surface area is 151 Å². The maximum Gasteiger partial charge on any atom is 0.183 e. The van der Waals surface area contributed by atoms with Crippen molar-refractivity contribution < 1.29 is 9.47 Å². The molecule has 0 unspecified atom stereocenters. The van der Waals surface area contributed by atoms with Gasteiger partial charge in [0.2, 0.25) is 0 Å². The zero-order chi connectivity index (χ0) is 18.0. The minimum Gasteiger partial charge on any atom is -0.497 e. The van der Waals surface area contributed by atoms with Gasteiger partial charge in [0.1, 0.15) is 22.8 Å². The average Bonchev–Trinajstić information content (AvgIpc) is 2.97. The molecule has 0 saturated heterocycles. The van der Waals surface area contributed by atoms with Crippen molar-refractivity contribution >= 4 is 28.8 Å². The Morgan fingerprint density at radius 3 is 2.56 bits per heavy atom. The lowest BCUT2D eigenvalue weighted by atomic mass is 10.1. The third-order valence-corrected chi connectivity index (χ3v) is 3.99. The molecule has 3 rings (SSSR count). The minimum absolute atomic E-state index is 0.199. The number of methoxy groups -OCH3 is 2. The van der Waals surface area contributed by atoms with E-state index in [1.165, 1.54) is 0 Å². The average molecular weight is 359 g/mol. The second-order valence-corrected chi connectivity index (χ2v) is 6.23. The zero-order valence-corrected chi connectivity index (χ0v) is 15.3. The summed E-state index contributed by atoms with van der Waals surface area (Å²) < 4.78 is 12.4. The monoisotopic (exact) mass is 358 g/mol. The van der Waals surface area contributed by atoms with Crippen LogP contribution < -0.4 is 9.47 Å². The van der Waals surface area contributed by atoms with Crippen LogP contribution in [0.15, 0.2) is 46.8 Å². The van der Waals surface area contributed by atoms with Crippen LogP contribution in [0.5, 0.6) is 11.5 Å². The molecule has 0 atom stereocenters. The molecule has 0 radical (unpaired) electrons. The number of pyridine rings is 1. The van der Waals surface area contributed by atoms with Crippen molar-refractivity contribution in [2.75, 3.05) is 14.2 Å². The van der Waals surface area contributed by atoms with Crippen LogP contribution in [0.1, 0.15) is 25.5 Å². The Kier molecular flexibility index (Phi) is 4.90. The van der Waals surface area contributed by atoms with Crippen LogP contribution in [0.2, 0.25) is 5.02 Å². The van der Waals surface area contributed by atoms with Gasteiger partial charge in [-0.2, -0.15) is 0 Å². The van der Waals surface area contributed by atoms with Gasteiger partial charge < -0.3 is 9.47 Å². The normalized spacial score (nSPS) is 11.6. The van der Waals surface area contributed by atoms with Gasteiger partial charge in [0.25, 0.3) is 0 Å². The molecule has 0 spiro atoms. The van der Waals surface area contributed by atoms with Crippen LogP contribution in [-0.2, 0) is 0 Å². The van der Waals surface area contributed by atoms with Gasteiger partial charge in [0, 0.05) is 12.3 Å². The van der Waals surface area contributed by atoms with Crippen molar-refractivity contribution in [3.05, 3.63) is 47.2 Å². The van der Waals surface area contributed by atoms with E-state index in [9.17, 15) is 0 Å². The Hall–Kier alpha value is -2.60. The maximum atomic E-state index is 6.12. The van der Waals surface area contributed by atoms with Crippen molar-refractivity contribution in [1.82, 2.24) is 9.38 Å². The molecule has 0 amide bonds. The van der Waals surface area contributed by atoms with Crippen molar-refractivity contribution in [3.63, 3.8) is 0 Å². The first kappa shape index (κ1) is 17.2. The largest absolute Gasteiger partial charge is 0.497 e. The number of hydrogen-bond acceptors (Lipinski definition) is 5. The maximum absolute atomic E-state index is 6.12.